The third-order valence-electron chi connectivity index (χ3n) is 3.31. The van der Waals surface area contributed by atoms with Crippen LogP contribution in [0.1, 0.15) is 18.9 Å². The zero-order chi connectivity index (χ0) is 17.1. The number of carboxylic acids is 1. The largest absolute Gasteiger partial charge is 0.504 e. The van der Waals surface area contributed by atoms with Crippen molar-refractivity contribution in [3.05, 3.63) is 28.7 Å². The topological polar surface area (TPSA) is 87.1 Å². The lowest BCUT2D eigenvalue weighted by Gasteiger charge is -2.21. The fourth-order valence-electron chi connectivity index (χ4n) is 2.15. The van der Waals surface area contributed by atoms with Crippen molar-refractivity contribution < 1.29 is 24.5 Å². The lowest BCUT2D eigenvalue weighted by atomic mass is 10.1. The average molecular weight is 353 g/mol. The molecule has 2 N–H and O–H groups in total. The number of carbonyl (C=O) groups is 2. The number of methoxy groups -OCH3 is 1. The van der Waals surface area contributed by atoms with E-state index in [1.807, 2.05) is 0 Å². The quantitative estimate of drug-likeness (QED) is 0.621. The second-order valence-electron chi connectivity index (χ2n) is 4.75. The van der Waals surface area contributed by atoms with Crippen LogP contribution in [0.3, 0.4) is 0 Å². The van der Waals surface area contributed by atoms with E-state index in [0.717, 1.165) is 16.7 Å². The van der Waals surface area contributed by atoms with Crippen molar-refractivity contribution in [2.45, 2.75) is 19.4 Å². The molecule has 0 aromatic heterocycles. The summed E-state index contributed by atoms with van der Waals surface area (Å²) in [6.45, 7) is 1.69. The van der Waals surface area contributed by atoms with E-state index >= 15 is 0 Å². The summed E-state index contributed by atoms with van der Waals surface area (Å²) in [5.74, 6) is -1.24. The number of hydrogen-bond acceptors (Lipinski definition) is 6. The maximum atomic E-state index is 12.5. The van der Waals surface area contributed by atoms with Crippen molar-refractivity contribution in [3.8, 4) is 11.5 Å². The summed E-state index contributed by atoms with van der Waals surface area (Å²) in [7, 11) is 1.43. The minimum absolute atomic E-state index is 0.00544. The highest BCUT2D eigenvalue weighted by Crippen LogP contribution is 2.35. The maximum Gasteiger partial charge on any atom is 0.326 e. The second kappa shape index (κ2) is 7.01. The normalized spacial score (nSPS) is 17.7. The van der Waals surface area contributed by atoms with E-state index in [1.54, 1.807) is 25.1 Å². The van der Waals surface area contributed by atoms with Gasteiger partial charge in [0.05, 0.1) is 12.0 Å². The molecule has 1 aliphatic rings. The Morgan fingerprint density at radius 3 is 2.78 bits per heavy atom. The minimum atomic E-state index is -1.09. The summed E-state index contributed by atoms with van der Waals surface area (Å²) in [5.41, 5.74) is 0.642. The lowest BCUT2D eigenvalue weighted by Crippen LogP contribution is -2.43. The maximum absolute atomic E-state index is 12.5. The predicted molar refractivity (Wildman–Crippen MR) is 91.4 cm³/mol. The molecule has 1 amide bonds. The number of phenolic OH excluding ortho intramolecular Hbond substituents is 1. The number of thiocarbonyl (C=S) groups is 1. The lowest BCUT2D eigenvalue weighted by molar-refractivity contribution is -0.145. The van der Waals surface area contributed by atoms with E-state index in [2.05, 4.69) is 0 Å². The molecule has 122 valence electrons. The molecular formula is C15H15NO5S2. The molecule has 0 aliphatic carbocycles. The minimum Gasteiger partial charge on any atom is -0.504 e. The van der Waals surface area contributed by atoms with Gasteiger partial charge in [-0.25, -0.2) is 4.79 Å². The molecule has 1 fully saturated rings. The van der Waals surface area contributed by atoms with Crippen molar-refractivity contribution in [2.75, 3.05) is 7.11 Å². The third-order valence-corrected chi connectivity index (χ3v) is 4.64. The van der Waals surface area contributed by atoms with E-state index in [0.29, 0.717) is 10.5 Å². The van der Waals surface area contributed by atoms with Crippen LogP contribution in [0.25, 0.3) is 6.08 Å². The van der Waals surface area contributed by atoms with E-state index in [4.69, 9.17) is 17.0 Å². The Bertz CT molecular complexity index is 701. The fourth-order valence-corrected chi connectivity index (χ4v) is 3.51. The van der Waals surface area contributed by atoms with Crippen LogP contribution in [0.5, 0.6) is 11.5 Å². The van der Waals surface area contributed by atoms with Gasteiger partial charge in [0.1, 0.15) is 10.4 Å². The molecule has 2 rings (SSSR count). The van der Waals surface area contributed by atoms with E-state index in [-0.39, 0.29) is 22.2 Å². The molecule has 1 saturated heterocycles. The van der Waals surface area contributed by atoms with Gasteiger partial charge in [-0.3, -0.25) is 9.69 Å². The monoisotopic (exact) mass is 353 g/mol. The molecule has 1 aromatic carbocycles. The van der Waals surface area contributed by atoms with Gasteiger partial charge in [0.25, 0.3) is 5.91 Å². The van der Waals surface area contributed by atoms with E-state index in [9.17, 15) is 19.8 Å². The number of carboxylic acid groups (broad SMARTS) is 1. The first-order valence-electron chi connectivity index (χ1n) is 6.76. The Balaban J connectivity index is 2.33. The van der Waals surface area contributed by atoms with Gasteiger partial charge in [0, 0.05) is 0 Å². The second-order valence-corrected chi connectivity index (χ2v) is 6.42. The van der Waals surface area contributed by atoms with E-state index in [1.165, 1.54) is 13.2 Å². The number of thioether (sulfide) groups is 1. The number of rotatable bonds is 5. The first-order chi connectivity index (χ1) is 10.9. The zero-order valence-corrected chi connectivity index (χ0v) is 14.1. The molecule has 6 nitrogen and oxygen atoms in total. The predicted octanol–water partition coefficient (Wildman–Crippen LogP) is 2.47. The molecule has 0 spiro atoms. The highest BCUT2D eigenvalue weighted by molar-refractivity contribution is 8.26. The van der Waals surface area contributed by atoms with Crippen LogP contribution in [0.2, 0.25) is 0 Å². The van der Waals surface area contributed by atoms with Crippen LogP contribution in [-0.2, 0) is 9.59 Å². The standard InChI is InChI=1S/C15H15NO5S2/c1-3-9(14(19)20)16-13(18)12(23-15(16)22)7-8-4-5-10(17)11(6-8)21-2/h4-7,9,17H,3H2,1-2H3,(H,19,20)/b12-7+. The number of phenols is 1. The molecule has 1 heterocycles. The van der Waals surface area contributed by atoms with Gasteiger partial charge in [-0.1, -0.05) is 37.0 Å². The van der Waals surface area contributed by atoms with Crippen LogP contribution in [0, 0.1) is 0 Å². The Morgan fingerprint density at radius 2 is 2.22 bits per heavy atom. The Hall–Kier alpha value is -2.06. The zero-order valence-electron chi connectivity index (χ0n) is 12.5. The van der Waals surface area contributed by atoms with Crippen LogP contribution < -0.4 is 4.74 Å². The molecule has 0 bridgehead atoms. The molecular weight excluding hydrogens is 338 g/mol. The number of aromatic hydroxyl groups is 1. The SMILES string of the molecule is CCC(C(=O)O)N1C(=O)/C(=C\c2ccc(O)c(OC)c2)SC1=S. The van der Waals surface area contributed by atoms with Gasteiger partial charge in [-0.05, 0) is 30.2 Å². The number of ether oxygens (including phenoxy) is 1. The summed E-state index contributed by atoms with van der Waals surface area (Å²) >= 11 is 6.20. The van der Waals surface area contributed by atoms with Crippen LogP contribution in [-0.4, -0.2) is 44.5 Å². The smallest absolute Gasteiger partial charge is 0.326 e. The highest BCUT2D eigenvalue weighted by Gasteiger charge is 2.39. The van der Waals surface area contributed by atoms with Crippen molar-refractivity contribution in [1.82, 2.24) is 4.90 Å². The third kappa shape index (κ3) is 3.48. The molecule has 1 unspecified atom stereocenters. The first kappa shape index (κ1) is 17.3. The van der Waals surface area contributed by atoms with E-state index < -0.39 is 17.9 Å². The number of carbonyl (C=O) groups excluding carboxylic acids is 1. The van der Waals surface area contributed by atoms with Gasteiger partial charge in [0.15, 0.2) is 11.5 Å². The summed E-state index contributed by atoms with van der Waals surface area (Å²) < 4.78 is 5.24. The number of hydrogen-bond donors (Lipinski definition) is 2. The molecule has 8 heteroatoms. The van der Waals surface area contributed by atoms with Gasteiger partial charge < -0.3 is 14.9 Å². The van der Waals surface area contributed by atoms with Crippen molar-refractivity contribution in [3.63, 3.8) is 0 Å². The van der Waals surface area contributed by atoms with Gasteiger partial charge in [0.2, 0.25) is 0 Å². The van der Waals surface area contributed by atoms with Gasteiger partial charge >= 0.3 is 5.97 Å². The molecule has 1 aromatic rings. The molecule has 0 saturated carbocycles. The molecule has 1 aliphatic heterocycles. The van der Waals surface area contributed by atoms with Crippen molar-refractivity contribution in [2.24, 2.45) is 0 Å². The molecule has 1 atom stereocenters. The summed E-state index contributed by atoms with van der Waals surface area (Å²) in [4.78, 5) is 25.2. The highest BCUT2D eigenvalue weighted by atomic mass is 32.2. The van der Waals surface area contributed by atoms with Crippen LogP contribution >= 0.6 is 24.0 Å². The number of benzene rings is 1. The summed E-state index contributed by atoms with van der Waals surface area (Å²) in [6, 6.07) is 3.69. The first-order valence-corrected chi connectivity index (χ1v) is 7.98. The molecule has 0 radical (unpaired) electrons. The summed E-state index contributed by atoms with van der Waals surface area (Å²) in [5, 5.41) is 18.8. The fraction of sp³-hybridized carbons (Fsp3) is 0.267. The Kier molecular flexibility index (Phi) is 5.27. The number of nitrogens with zero attached hydrogens (tertiary/aromatic N) is 1. The van der Waals surface area contributed by atoms with Gasteiger partial charge in [-0.2, -0.15) is 0 Å². The average Bonchev–Trinajstić information content (AvgIpc) is 2.77. The van der Waals surface area contributed by atoms with Crippen molar-refractivity contribution >= 4 is 46.3 Å². The Morgan fingerprint density at radius 1 is 1.52 bits per heavy atom. The Labute approximate surface area is 142 Å². The van der Waals surface area contributed by atoms with Crippen molar-refractivity contribution in [1.29, 1.82) is 0 Å². The molecule has 23 heavy (non-hydrogen) atoms. The van der Waals surface area contributed by atoms with Crippen LogP contribution in [0.4, 0.5) is 0 Å². The summed E-state index contributed by atoms with van der Waals surface area (Å²) in [6.07, 6.45) is 1.86. The van der Waals surface area contributed by atoms with Gasteiger partial charge in [-0.15, -0.1) is 0 Å². The number of amides is 1. The number of aliphatic carboxylic acids is 1. The van der Waals surface area contributed by atoms with Crippen LogP contribution in [0.15, 0.2) is 23.1 Å².